The predicted octanol–water partition coefficient (Wildman–Crippen LogP) is 2.94. The van der Waals surface area contributed by atoms with Crippen molar-refractivity contribution in [1.82, 2.24) is 10.2 Å². The summed E-state index contributed by atoms with van der Waals surface area (Å²) in [6.07, 6.45) is 2.15. The number of nitrogens with one attached hydrogen (secondary N) is 1. The molecule has 2 N–H and O–H groups in total. The highest BCUT2D eigenvalue weighted by Crippen LogP contribution is 2.28. The molecule has 0 spiro atoms. The first-order valence-corrected chi connectivity index (χ1v) is 7.66. The zero-order chi connectivity index (χ0) is 14.8. The van der Waals surface area contributed by atoms with Crippen molar-refractivity contribution >= 4 is 34.9 Å². The SMILES string of the molecule is CC1(C(=O)O)CCCCN1C(=O)NCc1ccc(Cl)s1. The number of carboxylic acids is 1. The maximum atomic E-state index is 12.2. The van der Waals surface area contributed by atoms with Crippen molar-refractivity contribution in [3.63, 3.8) is 0 Å². The van der Waals surface area contributed by atoms with Crippen LogP contribution in [-0.2, 0) is 11.3 Å². The zero-order valence-corrected chi connectivity index (χ0v) is 12.8. The summed E-state index contributed by atoms with van der Waals surface area (Å²) < 4.78 is 0.669. The summed E-state index contributed by atoms with van der Waals surface area (Å²) in [6, 6.07) is 3.29. The molecule has 0 saturated carbocycles. The van der Waals surface area contributed by atoms with Gasteiger partial charge in [-0.25, -0.2) is 9.59 Å². The standard InChI is InChI=1S/C13H17ClN2O3S/c1-13(11(17)18)6-2-3-7-16(13)12(19)15-8-9-4-5-10(14)20-9/h4-5H,2-3,6-8H2,1H3,(H,15,19)(H,17,18). The summed E-state index contributed by atoms with van der Waals surface area (Å²) >= 11 is 7.23. The topological polar surface area (TPSA) is 69.6 Å². The van der Waals surface area contributed by atoms with E-state index in [9.17, 15) is 14.7 Å². The van der Waals surface area contributed by atoms with Crippen LogP contribution in [0.1, 0.15) is 31.1 Å². The number of thiophene rings is 1. The van der Waals surface area contributed by atoms with Gasteiger partial charge < -0.3 is 15.3 Å². The first-order valence-electron chi connectivity index (χ1n) is 6.46. The Kier molecular flexibility index (Phi) is 4.55. The minimum Gasteiger partial charge on any atom is -0.480 e. The van der Waals surface area contributed by atoms with Crippen LogP contribution in [0.4, 0.5) is 4.79 Å². The van der Waals surface area contributed by atoms with Crippen LogP contribution in [-0.4, -0.2) is 34.1 Å². The van der Waals surface area contributed by atoms with Gasteiger partial charge in [-0.3, -0.25) is 0 Å². The molecular weight excluding hydrogens is 300 g/mol. The number of hydrogen-bond donors (Lipinski definition) is 2. The Balaban J connectivity index is 2.01. The third kappa shape index (κ3) is 3.07. The number of carbonyl (C=O) groups excluding carboxylic acids is 1. The molecule has 20 heavy (non-hydrogen) atoms. The van der Waals surface area contributed by atoms with Crippen molar-refractivity contribution in [3.8, 4) is 0 Å². The average molecular weight is 317 g/mol. The molecule has 1 saturated heterocycles. The van der Waals surface area contributed by atoms with Crippen LogP contribution in [0.2, 0.25) is 4.34 Å². The van der Waals surface area contributed by atoms with Crippen LogP contribution in [0.3, 0.4) is 0 Å². The van der Waals surface area contributed by atoms with E-state index in [-0.39, 0.29) is 6.03 Å². The van der Waals surface area contributed by atoms with Gasteiger partial charge in [-0.15, -0.1) is 11.3 Å². The normalized spacial score (nSPS) is 22.6. The molecule has 1 aliphatic heterocycles. The largest absolute Gasteiger partial charge is 0.480 e. The molecule has 1 aromatic heterocycles. The van der Waals surface area contributed by atoms with Crippen LogP contribution in [0.25, 0.3) is 0 Å². The van der Waals surface area contributed by atoms with Gasteiger partial charge in [0.15, 0.2) is 0 Å². The van der Waals surface area contributed by atoms with Gasteiger partial charge in [0.1, 0.15) is 5.54 Å². The van der Waals surface area contributed by atoms with Crippen LogP contribution in [0.15, 0.2) is 12.1 Å². The second kappa shape index (κ2) is 6.01. The number of amides is 2. The highest BCUT2D eigenvalue weighted by Gasteiger charge is 2.43. The first kappa shape index (κ1) is 15.1. The molecule has 0 radical (unpaired) electrons. The molecule has 2 rings (SSSR count). The van der Waals surface area contributed by atoms with Gasteiger partial charge in [-0.2, -0.15) is 0 Å². The van der Waals surface area contributed by atoms with Gasteiger partial charge in [0.25, 0.3) is 0 Å². The number of aliphatic carboxylic acids is 1. The molecule has 5 nitrogen and oxygen atoms in total. The van der Waals surface area contributed by atoms with Crippen molar-refractivity contribution in [2.45, 2.75) is 38.3 Å². The maximum absolute atomic E-state index is 12.2. The Labute approximate surface area is 126 Å². The summed E-state index contributed by atoms with van der Waals surface area (Å²) in [7, 11) is 0. The molecule has 7 heteroatoms. The molecule has 0 aromatic carbocycles. The fraction of sp³-hybridized carbons (Fsp3) is 0.538. The third-order valence-electron chi connectivity index (χ3n) is 3.64. The smallest absolute Gasteiger partial charge is 0.329 e. The minimum atomic E-state index is -1.12. The summed E-state index contributed by atoms with van der Waals surface area (Å²) in [6.45, 7) is 2.44. The van der Waals surface area contributed by atoms with E-state index in [1.807, 2.05) is 6.07 Å². The minimum absolute atomic E-state index is 0.334. The van der Waals surface area contributed by atoms with Gasteiger partial charge in [0.2, 0.25) is 0 Å². The maximum Gasteiger partial charge on any atom is 0.329 e. The van der Waals surface area contributed by atoms with E-state index >= 15 is 0 Å². The lowest BCUT2D eigenvalue weighted by Crippen LogP contribution is -2.59. The quantitative estimate of drug-likeness (QED) is 0.900. The van der Waals surface area contributed by atoms with E-state index in [0.29, 0.717) is 23.8 Å². The van der Waals surface area contributed by atoms with Gasteiger partial charge in [-0.05, 0) is 38.3 Å². The van der Waals surface area contributed by atoms with E-state index in [2.05, 4.69) is 5.32 Å². The van der Waals surface area contributed by atoms with Crippen molar-refractivity contribution < 1.29 is 14.7 Å². The number of carbonyl (C=O) groups is 2. The molecule has 1 atom stereocenters. The molecule has 0 aliphatic carbocycles. The van der Waals surface area contributed by atoms with Gasteiger partial charge >= 0.3 is 12.0 Å². The molecule has 0 bridgehead atoms. The number of hydrogen-bond acceptors (Lipinski definition) is 3. The lowest BCUT2D eigenvalue weighted by Gasteiger charge is -2.41. The molecule has 2 amide bonds. The molecular formula is C13H17ClN2O3S. The molecule has 110 valence electrons. The summed E-state index contributed by atoms with van der Waals surface area (Å²) in [4.78, 5) is 26.0. The van der Waals surface area contributed by atoms with Gasteiger partial charge in [0, 0.05) is 11.4 Å². The number of nitrogens with zero attached hydrogens (tertiary/aromatic N) is 1. The Bertz CT molecular complexity index is 519. The number of carboxylic acid groups (broad SMARTS) is 1. The lowest BCUT2D eigenvalue weighted by atomic mass is 9.89. The van der Waals surface area contributed by atoms with E-state index in [1.165, 1.54) is 16.2 Å². The molecule has 1 aromatic rings. The number of rotatable bonds is 3. The number of urea groups is 1. The highest BCUT2D eigenvalue weighted by molar-refractivity contribution is 7.16. The van der Waals surface area contributed by atoms with Crippen LogP contribution < -0.4 is 5.32 Å². The fourth-order valence-electron chi connectivity index (χ4n) is 2.37. The van der Waals surface area contributed by atoms with Gasteiger partial charge in [0.05, 0.1) is 10.9 Å². The summed E-state index contributed by atoms with van der Waals surface area (Å²) in [5, 5.41) is 12.1. The first-order chi connectivity index (χ1) is 9.43. The van der Waals surface area contributed by atoms with Crippen LogP contribution in [0.5, 0.6) is 0 Å². The predicted molar refractivity (Wildman–Crippen MR) is 78.2 cm³/mol. The van der Waals surface area contributed by atoms with E-state index < -0.39 is 11.5 Å². The Morgan fingerprint density at radius 1 is 1.50 bits per heavy atom. The van der Waals surface area contributed by atoms with Crippen molar-refractivity contribution in [2.75, 3.05) is 6.54 Å². The molecule has 2 heterocycles. The Hall–Kier alpha value is -1.27. The fourth-order valence-corrected chi connectivity index (χ4v) is 3.40. The average Bonchev–Trinajstić information content (AvgIpc) is 2.82. The van der Waals surface area contributed by atoms with Crippen LogP contribution in [0, 0.1) is 0 Å². The Morgan fingerprint density at radius 3 is 2.85 bits per heavy atom. The lowest BCUT2D eigenvalue weighted by molar-refractivity contribution is -0.150. The Morgan fingerprint density at radius 2 is 2.25 bits per heavy atom. The second-order valence-electron chi connectivity index (χ2n) is 5.05. The molecule has 1 unspecified atom stereocenters. The number of piperidine rings is 1. The summed E-state index contributed by atoms with van der Waals surface area (Å²) in [5.74, 6) is -0.952. The van der Waals surface area contributed by atoms with Crippen LogP contribution >= 0.6 is 22.9 Å². The van der Waals surface area contributed by atoms with E-state index in [0.717, 1.165) is 17.7 Å². The molecule has 1 fully saturated rings. The van der Waals surface area contributed by atoms with E-state index in [4.69, 9.17) is 11.6 Å². The number of halogens is 1. The highest BCUT2D eigenvalue weighted by atomic mass is 35.5. The monoisotopic (exact) mass is 316 g/mol. The van der Waals surface area contributed by atoms with Gasteiger partial charge in [-0.1, -0.05) is 11.6 Å². The summed E-state index contributed by atoms with van der Waals surface area (Å²) in [5.41, 5.74) is -1.12. The number of likely N-dealkylation sites (tertiary alicyclic amines) is 1. The molecule has 1 aliphatic rings. The zero-order valence-electron chi connectivity index (χ0n) is 11.2. The van der Waals surface area contributed by atoms with E-state index in [1.54, 1.807) is 13.0 Å². The second-order valence-corrected chi connectivity index (χ2v) is 6.85. The third-order valence-corrected chi connectivity index (χ3v) is 4.87. The van der Waals surface area contributed by atoms with Crippen molar-refractivity contribution in [2.24, 2.45) is 0 Å². The van der Waals surface area contributed by atoms with Crippen molar-refractivity contribution in [1.29, 1.82) is 0 Å². The van der Waals surface area contributed by atoms with Crippen molar-refractivity contribution in [3.05, 3.63) is 21.3 Å².